The first kappa shape index (κ1) is 31.0. The zero-order valence-corrected chi connectivity index (χ0v) is 24.0. The fourth-order valence-electron chi connectivity index (χ4n) is 5.17. The lowest BCUT2D eigenvalue weighted by atomic mass is 9.92. The number of hydrogen-bond donors (Lipinski definition) is 1. The molecule has 0 fully saturated rings. The van der Waals surface area contributed by atoms with Gasteiger partial charge in [-0.15, -0.1) is 0 Å². The molecule has 0 aromatic heterocycles. The van der Waals surface area contributed by atoms with Gasteiger partial charge in [-0.2, -0.15) is 13.2 Å². The van der Waals surface area contributed by atoms with Crippen LogP contribution in [0.2, 0.25) is 10.0 Å². The quantitative estimate of drug-likeness (QED) is 0.145. The van der Waals surface area contributed by atoms with E-state index in [2.05, 4.69) is 18.7 Å². The predicted molar refractivity (Wildman–Crippen MR) is 155 cm³/mol. The number of rotatable bonds is 15. The van der Waals surface area contributed by atoms with Crippen molar-refractivity contribution in [1.29, 1.82) is 0 Å². The molecule has 0 saturated heterocycles. The van der Waals surface area contributed by atoms with Crippen LogP contribution in [0.4, 0.5) is 13.2 Å². The number of benzene rings is 3. The van der Waals surface area contributed by atoms with Crippen molar-refractivity contribution in [2.45, 2.75) is 90.3 Å². The molecule has 210 valence electrons. The Balaban J connectivity index is 1.93. The van der Waals surface area contributed by atoms with E-state index in [1.165, 1.54) is 44.6 Å². The van der Waals surface area contributed by atoms with Crippen molar-refractivity contribution >= 4 is 44.7 Å². The van der Waals surface area contributed by atoms with Gasteiger partial charge in [0.1, 0.15) is 0 Å². The van der Waals surface area contributed by atoms with Gasteiger partial charge in [0.05, 0.1) is 21.7 Å². The molecule has 0 heterocycles. The van der Waals surface area contributed by atoms with Gasteiger partial charge in [0.15, 0.2) is 0 Å². The molecule has 3 rings (SSSR count). The highest BCUT2D eigenvalue weighted by molar-refractivity contribution is 6.46. The fraction of sp³-hybridized carbons (Fsp3) is 0.548. The summed E-state index contributed by atoms with van der Waals surface area (Å²) in [5, 5.41) is 14.0. The average Bonchev–Trinajstić information content (AvgIpc) is 2.88. The smallest absolute Gasteiger partial charge is 0.387 e. The van der Waals surface area contributed by atoms with Crippen LogP contribution in [0, 0.1) is 0 Å². The minimum atomic E-state index is -4.49. The van der Waals surface area contributed by atoms with Gasteiger partial charge in [-0.05, 0) is 71.9 Å². The number of nitrogens with zero attached hydrogens (tertiary/aromatic N) is 1. The molecule has 0 amide bonds. The summed E-state index contributed by atoms with van der Waals surface area (Å²) in [6.45, 7) is 6.64. The standard InChI is InChI=1S/C31H40Cl2F3NO/c1-3-5-7-9-11-17-37(18-12-10-8-6-4-2)21-28(38)25-19-22-13-16-27(32)30(33)29(22)26-20-23(31(34,35)36)14-15-24(25)26/h13-16,19-20,28,38H,3-12,17-18,21H2,1-2H3. The van der Waals surface area contributed by atoms with Gasteiger partial charge in [-0.3, -0.25) is 0 Å². The van der Waals surface area contributed by atoms with Crippen molar-refractivity contribution in [1.82, 2.24) is 4.90 Å². The second-order valence-corrected chi connectivity index (χ2v) is 11.1. The number of fused-ring (bicyclic) bond motifs is 3. The molecule has 0 radical (unpaired) electrons. The summed E-state index contributed by atoms with van der Waals surface area (Å²) in [5.74, 6) is 0. The van der Waals surface area contributed by atoms with Crippen LogP contribution in [-0.2, 0) is 6.18 Å². The highest BCUT2D eigenvalue weighted by Crippen LogP contribution is 2.41. The van der Waals surface area contributed by atoms with E-state index in [4.69, 9.17) is 23.2 Å². The van der Waals surface area contributed by atoms with Gasteiger partial charge in [0.25, 0.3) is 0 Å². The van der Waals surface area contributed by atoms with E-state index in [-0.39, 0.29) is 10.0 Å². The molecule has 3 aromatic rings. The van der Waals surface area contributed by atoms with Crippen molar-refractivity contribution in [3.05, 3.63) is 57.6 Å². The second-order valence-electron chi connectivity index (χ2n) is 10.3. The average molecular weight is 571 g/mol. The Morgan fingerprint density at radius 3 is 1.97 bits per heavy atom. The van der Waals surface area contributed by atoms with Crippen LogP contribution >= 0.6 is 23.2 Å². The molecule has 0 aliphatic heterocycles. The van der Waals surface area contributed by atoms with Gasteiger partial charge in [0, 0.05) is 11.9 Å². The second kappa shape index (κ2) is 14.7. The first-order chi connectivity index (χ1) is 18.2. The van der Waals surface area contributed by atoms with E-state index in [0.29, 0.717) is 33.7 Å². The van der Waals surface area contributed by atoms with Crippen molar-refractivity contribution < 1.29 is 18.3 Å². The summed E-state index contributed by atoms with van der Waals surface area (Å²) in [6, 6.07) is 8.88. The molecule has 1 atom stereocenters. The molecule has 0 aliphatic carbocycles. The molecule has 1 N–H and O–H groups in total. The monoisotopic (exact) mass is 569 g/mol. The SMILES string of the molecule is CCCCCCCN(CCCCCCC)CC(O)c1cc2ccc(Cl)c(Cl)c2c2cc(C(F)(F)F)ccc12. The Labute approximate surface area is 235 Å². The molecule has 38 heavy (non-hydrogen) atoms. The number of halogens is 5. The summed E-state index contributed by atoms with van der Waals surface area (Å²) in [5.41, 5.74) is -0.142. The summed E-state index contributed by atoms with van der Waals surface area (Å²) in [7, 11) is 0. The van der Waals surface area contributed by atoms with Crippen LogP contribution in [0.3, 0.4) is 0 Å². The highest BCUT2D eigenvalue weighted by atomic mass is 35.5. The molecular formula is C31H40Cl2F3NO. The van der Waals surface area contributed by atoms with Crippen molar-refractivity contribution in [2.75, 3.05) is 19.6 Å². The Kier molecular flexibility index (Phi) is 12.0. The van der Waals surface area contributed by atoms with Crippen LogP contribution in [0.25, 0.3) is 21.5 Å². The Morgan fingerprint density at radius 1 is 0.789 bits per heavy atom. The van der Waals surface area contributed by atoms with E-state index in [1.807, 2.05) is 6.07 Å². The van der Waals surface area contributed by atoms with E-state index in [9.17, 15) is 18.3 Å². The van der Waals surface area contributed by atoms with Gasteiger partial charge >= 0.3 is 6.18 Å². The molecule has 7 heteroatoms. The molecule has 1 unspecified atom stereocenters. The number of aliphatic hydroxyl groups is 1. The third-order valence-corrected chi connectivity index (χ3v) is 8.12. The summed E-state index contributed by atoms with van der Waals surface area (Å²) < 4.78 is 40.8. The molecule has 0 spiro atoms. The lowest BCUT2D eigenvalue weighted by Gasteiger charge is -2.26. The maximum atomic E-state index is 13.6. The maximum absolute atomic E-state index is 13.6. The minimum Gasteiger partial charge on any atom is -0.387 e. The molecule has 3 aromatic carbocycles. The van der Waals surface area contributed by atoms with Crippen molar-refractivity contribution in [3.63, 3.8) is 0 Å². The van der Waals surface area contributed by atoms with Crippen LogP contribution in [0.5, 0.6) is 0 Å². The maximum Gasteiger partial charge on any atom is 0.416 e. The van der Waals surface area contributed by atoms with E-state index in [1.54, 1.807) is 12.1 Å². The van der Waals surface area contributed by atoms with Gasteiger partial charge < -0.3 is 10.0 Å². The number of hydrogen-bond acceptors (Lipinski definition) is 2. The Bertz CT molecular complexity index is 1170. The predicted octanol–water partition coefficient (Wildman–Crippen LogP) is 10.6. The van der Waals surface area contributed by atoms with E-state index in [0.717, 1.165) is 50.9 Å². The summed E-state index contributed by atoms with van der Waals surface area (Å²) in [4.78, 5) is 2.32. The topological polar surface area (TPSA) is 23.5 Å². The fourth-order valence-corrected chi connectivity index (χ4v) is 5.61. The first-order valence-electron chi connectivity index (χ1n) is 14.0. The van der Waals surface area contributed by atoms with E-state index >= 15 is 0 Å². The van der Waals surface area contributed by atoms with Crippen LogP contribution < -0.4 is 0 Å². The van der Waals surface area contributed by atoms with Crippen molar-refractivity contribution in [3.8, 4) is 0 Å². The third kappa shape index (κ3) is 8.24. The summed E-state index contributed by atoms with van der Waals surface area (Å²) in [6.07, 6.45) is 6.40. The van der Waals surface area contributed by atoms with Crippen LogP contribution in [-0.4, -0.2) is 29.6 Å². The normalized spacial score (nSPS) is 13.2. The Hall–Kier alpha value is -1.53. The molecule has 0 aliphatic rings. The Morgan fingerprint density at radius 2 is 1.39 bits per heavy atom. The molecule has 0 saturated carbocycles. The minimum absolute atomic E-state index is 0.218. The third-order valence-electron chi connectivity index (χ3n) is 7.31. The molecular weight excluding hydrogens is 530 g/mol. The number of alkyl halides is 3. The van der Waals surface area contributed by atoms with Crippen LogP contribution in [0.1, 0.15) is 95.3 Å². The number of unbranched alkanes of at least 4 members (excludes halogenated alkanes) is 8. The zero-order chi connectivity index (χ0) is 27.7. The van der Waals surface area contributed by atoms with Gasteiger partial charge in [-0.25, -0.2) is 0 Å². The zero-order valence-electron chi connectivity index (χ0n) is 22.5. The van der Waals surface area contributed by atoms with Crippen molar-refractivity contribution in [2.24, 2.45) is 0 Å². The van der Waals surface area contributed by atoms with Gasteiger partial charge in [0.2, 0.25) is 0 Å². The largest absolute Gasteiger partial charge is 0.416 e. The lowest BCUT2D eigenvalue weighted by Crippen LogP contribution is -2.31. The first-order valence-corrected chi connectivity index (χ1v) is 14.7. The molecule has 2 nitrogen and oxygen atoms in total. The highest BCUT2D eigenvalue weighted by Gasteiger charge is 2.31. The molecule has 0 bridgehead atoms. The summed E-state index contributed by atoms with van der Waals surface area (Å²) >= 11 is 12.7. The van der Waals surface area contributed by atoms with Gasteiger partial charge in [-0.1, -0.05) is 101 Å². The van der Waals surface area contributed by atoms with Crippen LogP contribution in [0.15, 0.2) is 36.4 Å². The number of aliphatic hydroxyl groups excluding tert-OH is 1. The van der Waals surface area contributed by atoms with E-state index < -0.39 is 17.8 Å². The lowest BCUT2D eigenvalue weighted by molar-refractivity contribution is -0.137.